The topological polar surface area (TPSA) is 58.6 Å². The number of sulfonamides is 1. The zero-order valence-electron chi connectivity index (χ0n) is 14.2. The highest BCUT2D eigenvalue weighted by Gasteiger charge is 2.64. The van der Waals surface area contributed by atoms with Gasteiger partial charge in [-0.05, 0) is 44.6 Å². The molecule has 2 saturated heterocycles. The van der Waals surface area contributed by atoms with Crippen LogP contribution in [-0.2, 0) is 14.8 Å². The molecule has 0 aromatic heterocycles. The quantitative estimate of drug-likeness (QED) is 0.843. The monoisotopic (exact) mass is 342 g/mol. The van der Waals surface area contributed by atoms with Gasteiger partial charge in [0.2, 0.25) is 10.0 Å². The molecule has 4 fully saturated rings. The van der Waals surface area contributed by atoms with Crippen LogP contribution < -0.4 is 5.32 Å². The standard InChI is InChI=1S/C17H30N2O3S/c1-23(20,21)19-9-4-13(5-10-19)12-18-15-14-6-11-22-16(14)17(15)7-2-3-8-17/h13-16,18H,2-12H2,1H3/t14-,15+,16+/m0/s1. The number of piperidine rings is 1. The summed E-state index contributed by atoms with van der Waals surface area (Å²) in [6, 6.07) is 0.644. The third kappa shape index (κ3) is 2.75. The predicted molar refractivity (Wildman–Crippen MR) is 89.7 cm³/mol. The molecule has 3 atom stereocenters. The van der Waals surface area contributed by atoms with E-state index in [9.17, 15) is 8.42 Å². The van der Waals surface area contributed by atoms with E-state index in [4.69, 9.17) is 4.74 Å². The van der Waals surface area contributed by atoms with Gasteiger partial charge < -0.3 is 10.1 Å². The van der Waals surface area contributed by atoms with Gasteiger partial charge in [0.05, 0.1) is 12.4 Å². The molecular formula is C17H30N2O3S. The fourth-order valence-electron chi connectivity index (χ4n) is 5.75. The number of ether oxygens (including phenoxy) is 1. The summed E-state index contributed by atoms with van der Waals surface area (Å²) >= 11 is 0. The first kappa shape index (κ1) is 16.3. The Bertz CT molecular complexity index is 536. The number of hydrogen-bond donors (Lipinski definition) is 1. The van der Waals surface area contributed by atoms with Crippen LogP contribution in [0.25, 0.3) is 0 Å². The highest BCUT2D eigenvalue weighted by molar-refractivity contribution is 7.88. The molecule has 4 rings (SSSR count). The number of fused-ring (bicyclic) bond motifs is 2. The summed E-state index contributed by atoms with van der Waals surface area (Å²) in [5.74, 6) is 1.34. The van der Waals surface area contributed by atoms with Gasteiger partial charge in [0, 0.05) is 37.1 Å². The maximum atomic E-state index is 11.6. The molecule has 1 N–H and O–H groups in total. The van der Waals surface area contributed by atoms with Crippen LogP contribution in [0, 0.1) is 17.3 Å². The van der Waals surface area contributed by atoms with E-state index in [1.807, 2.05) is 0 Å². The first-order valence-electron chi connectivity index (χ1n) is 9.31. The van der Waals surface area contributed by atoms with Gasteiger partial charge in [0.1, 0.15) is 0 Å². The second kappa shape index (κ2) is 5.97. The van der Waals surface area contributed by atoms with Crippen molar-refractivity contribution in [2.75, 3.05) is 32.5 Å². The molecule has 0 aromatic rings. The Morgan fingerprint density at radius 3 is 2.52 bits per heavy atom. The van der Waals surface area contributed by atoms with Crippen molar-refractivity contribution in [3.05, 3.63) is 0 Å². The van der Waals surface area contributed by atoms with E-state index in [0.29, 0.717) is 36.6 Å². The van der Waals surface area contributed by atoms with Gasteiger partial charge in [-0.15, -0.1) is 0 Å². The molecule has 5 nitrogen and oxygen atoms in total. The average molecular weight is 343 g/mol. The van der Waals surface area contributed by atoms with E-state index in [2.05, 4.69) is 5.32 Å². The highest BCUT2D eigenvalue weighted by atomic mass is 32.2. The molecule has 0 radical (unpaired) electrons. The van der Waals surface area contributed by atoms with Gasteiger partial charge in [-0.3, -0.25) is 0 Å². The molecule has 0 bridgehead atoms. The van der Waals surface area contributed by atoms with Gasteiger partial charge in [0.25, 0.3) is 0 Å². The molecule has 0 aromatic carbocycles. The van der Waals surface area contributed by atoms with E-state index < -0.39 is 10.0 Å². The molecule has 2 saturated carbocycles. The molecule has 6 heteroatoms. The van der Waals surface area contributed by atoms with Crippen LogP contribution in [0.3, 0.4) is 0 Å². The summed E-state index contributed by atoms with van der Waals surface area (Å²) < 4.78 is 30.9. The van der Waals surface area contributed by atoms with Crippen molar-refractivity contribution in [1.29, 1.82) is 0 Å². The summed E-state index contributed by atoms with van der Waals surface area (Å²) in [6.45, 7) is 3.38. The lowest BCUT2D eigenvalue weighted by Crippen LogP contribution is -2.67. The van der Waals surface area contributed by atoms with Crippen molar-refractivity contribution < 1.29 is 13.2 Å². The summed E-state index contributed by atoms with van der Waals surface area (Å²) in [5.41, 5.74) is 0.425. The molecule has 2 heterocycles. The Kier molecular flexibility index (Phi) is 4.23. The van der Waals surface area contributed by atoms with E-state index in [1.54, 1.807) is 4.31 Å². The van der Waals surface area contributed by atoms with Gasteiger partial charge in [-0.25, -0.2) is 12.7 Å². The predicted octanol–water partition coefficient (Wildman–Crippen LogP) is 1.60. The molecule has 0 amide bonds. The smallest absolute Gasteiger partial charge is 0.211 e. The van der Waals surface area contributed by atoms with Crippen LogP contribution in [0.15, 0.2) is 0 Å². The van der Waals surface area contributed by atoms with E-state index in [1.165, 1.54) is 38.4 Å². The second-order valence-corrected chi connectivity index (χ2v) is 10.2. The number of nitrogens with one attached hydrogen (secondary N) is 1. The van der Waals surface area contributed by atoms with E-state index in [0.717, 1.165) is 31.9 Å². The minimum Gasteiger partial charge on any atom is -0.377 e. The molecule has 2 aliphatic carbocycles. The van der Waals surface area contributed by atoms with Gasteiger partial charge in [-0.1, -0.05) is 12.8 Å². The summed E-state index contributed by atoms with van der Waals surface area (Å²) in [4.78, 5) is 0. The molecule has 4 aliphatic rings. The fraction of sp³-hybridized carbons (Fsp3) is 1.00. The minimum atomic E-state index is -3.01. The van der Waals surface area contributed by atoms with Crippen molar-refractivity contribution >= 4 is 10.0 Å². The Morgan fingerprint density at radius 2 is 1.87 bits per heavy atom. The van der Waals surface area contributed by atoms with Crippen LogP contribution in [-0.4, -0.2) is 57.4 Å². The Morgan fingerprint density at radius 1 is 1.17 bits per heavy atom. The lowest BCUT2D eigenvalue weighted by atomic mass is 9.54. The van der Waals surface area contributed by atoms with Crippen LogP contribution in [0.5, 0.6) is 0 Å². The zero-order valence-corrected chi connectivity index (χ0v) is 15.0. The lowest BCUT2D eigenvalue weighted by molar-refractivity contribution is -0.131. The largest absolute Gasteiger partial charge is 0.377 e. The summed E-state index contributed by atoms with van der Waals surface area (Å²) in [5, 5.41) is 3.90. The molecule has 1 spiro atoms. The Hall–Kier alpha value is -0.170. The SMILES string of the molecule is CS(=O)(=O)N1CCC(CN[C@@H]2[C@@H]3CCO[C@H]3C23CCCC3)CC1. The van der Waals surface area contributed by atoms with Crippen LogP contribution in [0.1, 0.15) is 44.9 Å². The second-order valence-electron chi connectivity index (χ2n) is 8.18. The molecule has 132 valence electrons. The first-order chi connectivity index (χ1) is 11.0. The van der Waals surface area contributed by atoms with Crippen LogP contribution in [0.4, 0.5) is 0 Å². The average Bonchev–Trinajstić information content (AvgIpc) is 3.15. The normalized spacial score (nSPS) is 37.9. The molecule has 23 heavy (non-hydrogen) atoms. The van der Waals surface area contributed by atoms with Crippen molar-refractivity contribution in [1.82, 2.24) is 9.62 Å². The third-order valence-corrected chi connectivity index (χ3v) is 8.26. The van der Waals surface area contributed by atoms with Gasteiger partial charge in [0.15, 0.2) is 0 Å². The molecular weight excluding hydrogens is 312 g/mol. The van der Waals surface area contributed by atoms with Crippen LogP contribution >= 0.6 is 0 Å². The lowest BCUT2D eigenvalue weighted by Gasteiger charge is -2.57. The Labute approximate surface area is 140 Å². The van der Waals surface area contributed by atoms with Gasteiger partial charge >= 0.3 is 0 Å². The number of nitrogens with zero attached hydrogens (tertiary/aromatic N) is 1. The Balaban J connectivity index is 1.31. The van der Waals surface area contributed by atoms with Crippen molar-refractivity contribution in [3.63, 3.8) is 0 Å². The first-order valence-corrected chi connectivity index (χ1v) is 11.2. The number of rotatable bonds is 4. The van der Waals surface area contributed by atoms with Crippen LogP contribution in [0.2, 0.25) is 0 Å². The van der Waals surface area contributed by atoms with Crippen molar-refractivity contribution in [3.8, 4) is 0 Å². The molecule has 2 aliphatic heterocycles. The maximum absolute atomic E-state index is 11.6. The summed E-state index contributed by atoms with van der Waals surface area (Å²) in [6.07, 6.45) is 10.4. The fourth-order valence-corrected chi connectivity index (χ4v) is 6.62. The maximum Gasteiger partial charge on any atom is 0.211 e. The number of hydrogen-bond acceptors (Lipinski definition) is 4. The minimum absolute atomic E-state index is 0.425. The van der Waals surface area contributed by atoms with Gasteiger partial charge in [-0.2, -0.15) is 0 Å². The van der Waals surface area contributed by atoms with E-state index >= 15 is 0 Å². The summed E-state index contributed by atoms with van der Waals surface area (Å²) in [7, 11) is -3.01. The van der Waals surface area contributed by atoms with Crippen molar-refractivity contribution in [2.45, 2.75) is 57.1 Å². The van der Waals surface area contributed by atoms with E-state index in [-0.39, 0.29) is 0 Å². The third-order valence-electron chi connectivity index (χ3n) is 6.96. The van der Waals surface area contributed by atoms with Crippen molar-refractivity contribution in [2.24, 2.45) is 17.3 Å². The highest BCUT2D eigenvalue weighted by Crippen LogP contribution is 2.60. The zero-order chi connectivity index (χ0) is 16.1. The molecule has 0 unspecified atom stereocenters.